The maximum Gasteiger partial charge on any atom is 0.0548 e. The largest absolute Gasteiger partial charge is 0.323 e. The zero-order chi connectivity index (χ0) is 15.6. The second-order valence-electron chi connectivity index (χ2n) is 5.38. The monoisotopic (exact) mass is 365 g/mol. The van der Waals surface area contributed by atoms with Gasteiger partial charge in [0, 0.05) is 21.2 Å². The van der Waals surface area contributed by atoms with E-state index in [1.807, 2.05) is 24.3 Å². The van der Waals surface area contributed by atoms with Crippen molar-refractivity contribution in [2.75, 3.05) is 5.75 Å². The minimum Gasteiger partial charge on any atom is -0.323 e. The number of benzene rings is 2. The quantitative estimate of drug-likeness (QED) is 0.882. The van der Waals surface area contributed by atoms with Crippen LogP contribution in [0.5, 0.6) is 0 Å². The Hall–Kier alpha value is -0.970. The molecule has 0 spiro atoms. The van der Waals surface area contributed by atoms with E-state index in [1.165, 1.54) is 16.7 Å². The van der Waals surface area contributed by atoms with E-state index in [2.05, 4.69) is 48.8 Å². The average molecular weight is 366 g/mol. The molecule has 4 heteroatoms. The van der Waals surface area contributed by atoms with Crippen LogP contribution in [0.2, 0.25) is 0 Å². The van der Waals surface area contributed by atoms with Crippen LogP contribution in [0, 0.1) is 20.8 Å². The third-order valence-electron chi connectivity index (χ3n) is 3.52. The molecule has 2 rings (SSSR count). The lowest BCUT2D eigenvalue weighted by molar-refractivity contribution is 0.674. The Kier molecular flexibility index (Phi) is 5.36. The minimum atomic E-state index is -1.09. The Morgan fingerprint density at radius 3 is 2.14 bits per heavy atom. The van der Waals surface area contributed by atoms with Crippen LogP contribution in [0.3, 0.4) is 0 Å². The van der Waals surface area contributed by atoms with Crippen LogP contribution in [0.1, 0.15) is 28.3 Å². The van der Waals surface area contributed by atoms with E-state index < -0.39 is 10.8 Å². The van der Waals surface area contributed by atoms with Gasteiger partial charge in [-0.05, 0) is 61.7 Å². The molecule has 0 heterocycles. The van der Waals surface area contributed by atoms with Crippen LogP contribution >= 0.6 is 15.9 Å². The van der Waals surface area contributed by atoms with Crippen molar-refractivity contribution >= 4 is 26.7 Å². The summed E-state index contributed by atoms with van der Waals surface area (Å²) >= 11 is 3.38. The molecule has 0 amide bonds. The van der Waals surface area contributed by atoms with Gasteiger partial charge in [0.2, 0.25) is 0 Å². The van der Waals surface area contributed by atoms with Gasteiger partial charge in [-0.15, -0.1) is 0 Å². The van der Waals surface area contributed by atoms with Crippen LogP contribution < -0.4 is 5.73 Å². The molecule has 0 fully saturated rings. The second kappa shape index (κ2) is 6.86. The highest BCUT2D eigenvalue weighted by Crippen LogP contribution is 2.24. The SMILES string of the molecule is Cc1cc(C)c(C(N)CS(=O)c2ccc(Br)cc2)c(C)c1. The molecule has 0 radical (unpaired) electrons. The third kappa shape index (κ3) is 4.02. The van der Waals surface area contributed by atoms with Crippen molar-refractivity contribution in [3.8, 4) is 0 Å². The van der Waals surface area contributed by atoms with Crippen molar-refractivity contribution < 1.29 is 4.21 Å². The van der Waals surface area contributed by atoms with Gasteiger partial charge >= 0.3 is 0 Å². The number of hydrogen-bond donors (Lipinski definition) is 1. The molecule has 0 aliphatic rings. The first-order chi connectivity index (χ1) is 9.88. The molecule has 0 saturated carbocycles. The molecule has 0 bridgehead atoms. The van der Waals surface area contributed by atoms with E-state index in [1.54, 1.807) is 0 Å². The van der Waals surface area contributed by atoms with E-state index in [-0.39, 0.29) is 6.04 Å². The van der Waals surface area contributed by atoms with Crippen molar-refractivity contribution in [1.29, 1.82) is 0 Å². The van der Waals surface area contributed by atoms with Crippen molar-refractivity contribution in [2.45, 2.75) is 31.7 Å². The van der Waals surface area contributed by atoms with Crippen molar-refractivity contribution in [3.05, 3.63) is 63.1 Å². The Labute approximate surface area is 137 Å². The molecule has 112 valence electrons. The molecule has 0 aliphatic carbocycles. The topological polar surface area (TPSA) is 43.1 Å². The lowest BCUT2D eigenvalue weighted by atomic mass is 9.95. The van der Waals surface area contributed by atoms with E-state index >= 15 is 0 Å². The number of halogens is 1. The molecule has 21 heavy (non-hydrogen) atoms. The van der Waals surface area contributed by atoms with Gasteiger partial charge < -0.3 is 5.73 Å². The van der Waals surface area contributed by atoms with Gasteiger partial charge in [0.1, 0.15) is 0 Å². The predicted octanol–water partition coefficient (Wildman–Crippen LogP) is 4.18. The molecule has 2 atom stereocenters. The fraction of sp³-hybridized carbons (Fsp3) is 0.294. The number of hydrogen-bond acceptors (Lipinski definition) is 2. The average Bonchev–Trinajstić information content (AvgIpc) is 2.37. The van der Waals surface area contributed by atoms with Gasteiger partial charge in [-0.25, -0.2) is 0 Å². The molecule has 0 aliphatic heterocycles. The van der Waals surface area contributed by atoms with E-state index in [4.69, 9.17) is 5.73 Å². The van der Waals surface area contributed by atoms with E-state index in [9.17, 15) is 4.21 Å². The molecule has 2 aromatic rings. The first-order valence-corrected chi connectivity index (χ1v) is 8.97. The summed E-state index contributed by atoms with van der Waals surface area (Å²) in [6, 6.07) is 11.6. The van der Waals surface area contributed by atoms with Gasteiger partial charge in [0.05, 0.1) is 10.8 Å². The van der Waals surface area contributed by atoms with Gasteiger partial charge in [-0.2, -0.15) is 0 Å². The lowest BCUT2D eigenvalue weighted by Crippen LogP contribution is -2.20. The standard InChI is InChI=1S/C17H20BrNOS/c1-11-8-12(2)17(13(3)9-11)16(19)10-21(20)15-6-4-14(18)5-7-15/h4-9,16H,10,19H2,1-3H3. The molecule has 0 saturated heterocycles. The minimum absolute atomic E-state index is 0.213. The Morgan fingerprint density at radius 2 is 1.62 bits per heavy atom. The fourth-order valence-electron chi connectivity index (χ4n) is 2.71. The second-order valence-corrected chi connectivity index (χ2v) is 7.80. The molecule has 2 unspecified atom stereocenters. The van der Waals surface area contributed by atoms with Gasteiger partial charge in [-0.1, -0.05) is 33.6 Å². The normalized spacial score (nSPS) is 14.0. The Bertz CT molecular complexity index is 644. The summed E-state index contributed by atoms with van der Waals surface area (Å²) in [5.74, 6) is 0.437. The van der Waals surface area contributed by atoms with Crippen LogP contribution in [0.4, 0.5) is 0 Å². The Morgan fingerprint density at radius 1 is 1.10 bits per heavy atom. The summed E-state index contributed by atoms with van der Waals surface area (Å²) in [6.07, 6.45) is 0. The third-order valence-corrected chi connectivity index (χ3v) is 5.50. The summed E-state index contributed by atoms with van der Waals surface area (Å²) in [4.78, 5) is 0.816. The lowest BCUT2D eigenvalue weighted by Gasteiger charge is -2.18. The van der Waals surface area contributed by atoms with Gasteiger partial charge in [0.15, 0.2) is 0 Å². The van der Waals surface area contributed by atoms with E-state index in [0.29, 0.717) is 5.75 Å². The first-order valence-electron chi connectivity index (χ1n) is 6.85. The summed E-state index contributed by atoms with van der Waals surface area (Å²) < 4.78 is 13.4. The van der Waals surface area contributed by atoms with Crippen LogP contribution in [0.25, 0.3) is 0 Å². The fourth-order valence-corrected chi connectivity index (χ4v) is 4.09. The molecular weight excluding hydrogens is 346 g/mol. The highest BCUT2D eigenvalue weighted by atomic mass is 79.9. The molecular formula is C17H20BrNOS. The molecule has 2 nitrogen and oxygen atoms in total. The summed E-state index contributed by atoms with van der Waals surface area (Å²) in [5.41, 5.74) is 11.0. The highest BCUT2D eigenvalue weighted by Gasteiger charge is 2.16. The smallest absolute Gasteiger partial charge is 0.0548 e. The Balaban J connectivity index is 2.20. The summed E-state index contributed by atoms with van der Waals surface area (Å²) in [5, 5.41) is 0. The van der Waals surface area contributed by atoms with Crippen molar-refractivity contribution in [2.24, 2.45) is 5.73 Å². The first kappa shape index (κ1) is 16.4. The summed E-state index contributed by atoms with van der Waals surface area (Å²) in [7, 11) is -1.09. The van der Waals surface area contributed by atoms with Crippen LogP contribution in [-0.2, 0) is 10.8 Å². The van der Waals surface area contributed by atoms with Crippen molar-refractivity contribution in [3.63, 3.8) is 0 Å². The van der Waals surface area contributed by atoms with Crippen LogP contribution in [0.15, 0.2) is 45.8 Å². The van der Waals surface area contributed by atoms with E-state index in [0.717, 1.165) is 14.9 Å². The zero-order valence-electron chi connectivity index (χ0n) is 12.5. The van der Waals surface area contributed by atoms with Crippen LogP contribution in [-0.4, -0.2) is 9.96 Å². The van der Waals surface area contributed by atoms with Gasteiger partial charge in [-0.3, -0.25) is 4.21 Å². The molecule has 0 aromatic heterocycles. The number of rotatable bonds is 4. The van der Waals surface area contributed by atoms with Gasteiger partial charge in [0.25, 0.3) is 0 Å². The molecule has 2 aromatic carbocycles. The molecule has 2 N–H and O–H groups in total. The number of nitrogens with two attached hydrogens (primary N) is 1. The van der Waals surface area contributed by atoms with Crippen molar-refractivity contribution in [1.82, 2.24) is 0 Å². The highest BCUT2D eigenvalue weighted by molar-refractivity contribution is 9.10. The maximum absolute atomic E-state index is 12.4. The maximum atomic E-state index is 12.4. The predicted molar refractivity (Wildman–Crippen MR) is 93.0 cm³/mol. The summed E-state index contributed by atoms with van der Waals surface area (Å²) in [6.45, 7) is 6.21. The zero-order valence-corrected chi connectivity index (χ0v) is 14.9. The number of aryl methyl sites for hydroxylation is 3.